The molecule has 3 aromatic rings. The normalized spacial score (nSPS) is 10.6. The highest BCUT2D eigenvalue weighted by atomic mass is 19.2. The number of hydrogen-bond acceptors (Lipinski definition) is 6. The number of H-pyrrole nitrogens is 1. The molecule has 2 aromatic heterocycles. The molecule has 0 aliphatic rings. The Kier molecular flexibility index (Phi) is 5.27. The van der Waals surface area contributed by atoms with E-state index in [4.69, 9.17) is 10.5 Å². The second kappa shape index (κ2) is 7.79. The molecule has 1 amide bonds. The van der Waals surface area contributed by atoms with Crippen LogP contribution >= 0.6 is 0 Å². The predicted molar refractivity (Wildman–Crippen MR) is 91.4 cm³/mol. The van der Waals surface area contributed by atoms with Crippen LogP contribution < -0.4 is 15.8 Å². The van der Waals surface area contributed by atoms with Gasteiger partial charge in [-0.1, -0.05) is 6.07 Å². The first-order valence-corrected chi connectivity index (χ1v) is 7.77. The molecule has 1 aromatic carbocycles. The van der Waals surface area contributed by atoms with Gasteiger partial charge in [0.15, 0.2) is 11.6 Å². The number of nitrogen functional groups attached to an aromatic ring is 1. The van der Waals surface area contributed by atoms with Crippen LogP contribution in [0.5, 0.6) is 5.88 Å². The number of anilines is 1. The topological polar surface area (TPSA) is 126 Å². The largest absolute Gasteiger partial charge is 0.414 e. The monoisotopic (exact) mass is 375 g/mol. The Balaban J connectivity index is 1.64. The van der Waals surface area contributed by atoms with Crippen LogP contribution in [0.25, 0.3) is 11.3 Å². The van der Waals surface area contributed by atoms with Crippen LogP contribution in [0.15, 0.2) is 36.7 Å². The third-order valence-electron chi connectivity index (χ3n) is 3.61. The summed E-state index contributed by atoms with van der Waals surface area (Å²) in [5, 5.41) is 11.8. The maximum atomic E-state index is 13.1. The van der Waals surface area contributed by atoms with Gasteiger partial charge in [0.25, 0.3) is 0 Å². The molecule has 0 saturated carbocycles. The Morgan fingerprint density at radius 3 is 2.85 bits per heavy atom. The van der Waals surface area contributed by atoms with Crippen LogP contribution in [0.3, 0.4) is 0 Å². The molecule has 10 heteroatoms. The summed E-state index contributed by atoms with van der Waals surface area (Å²) in [7, 11) is 0. The van der Waals surface area contributed by atoms with Crippen molar-refractivity contribution in [3.8, 4) is 17.1 Å². The van der Waals surface area contributed by atoms with E-state index >= 15 is 0 Å². The molecule has 0 bridgehead atoms. The Morgan fingerprint density at radius 2 is 2.11 bits per heavy atom. The fourth-order valence-corrected chi connectivity index (χ4v) is 2.31. The lowest BCUT2D eigenvalue weighted by atomic mass is 10.1. The number of aliphatic hydroxyl groups excluding tert-OH is 1. The molecule has 0 saturated heterocycles. The van der Waals surface area contributed by atoms with Crippen LogP contribution in [0, 0.1) is 11.6 Å². The van der Waals surface area contributed by atoms with Crippen molar-refractivity contribution in [1.82, 2.24) is 20.3 Å². The average molecular weight is 375 g/mol. The number of halogens is 2. The van der Waals surface area contributed by atoms with E-state index in [-0.39, 0.29) is 25.0 Å². The van der Waals surface area contributed by atoms with Gasteiger partial charge in [-0.05, 0) is 17.7 Å². The van der Waals surface area contributed by atoms with Gasteiger partial charge in [-0.25, -0.2) is 23.5 Å². The standard InChI is InChI=1S/C17H15F2N5O3/c18-12-2-1-9(3-13(12)19)5-23-17(26)27-14-4-10(6-21-14)15-11(8-25)7-22-16(20)24-15/h1-4,6-7,21,25H,5,8H2,(H,23,26)(H2,20,22,24). The van der Waals surface area contributed by atoms with E-state index in [1.807, 2.05) is 0 Å². The van der Waals surface area contributed by atoms with Gasteiger partial charge in [-0.2, -0.15) is 0 Å². The van der Waals surface area contributed by atoms with Crippen molar-refractivity contribution in [1.29, 1.82) is 0 Å². The fourth-order valence-electron chi connectivity index (χ4n) is 2.31. The van der Waals surface area contributed by atoms with Crippen LogP contribution in [0.1, 0.15) is 11.1 Å². The Hall–Kier alpha value is -3.53. The van der Waals surface area contributed by atoms with Crippen molar-refractivity contribution in [2.45, 2.75) is 13.2 Å². The number of carbonyl (C=O) groups excluding carboxylic acids is 1. The maximum absolute atomic E-state index is 13.1. The van der Waals surface area contributed by atoms with E-state index in [1.54, 1.807) is 0 Å². The number of ether oxygens (including phenoxy) is 1. The molecule has 0 atom stereocenters. The molecule has 27 heavy (non-hydrogen) atoms. The van der Waals surface area contributed by atoms with Crippen LogP contribution in [-0.4, -0.2) is 26.2 Å². The van der Waals surface area contributed by atoms with Gasteiger partial charge in [0.05, 0.1) is 12.3 Å². The van der Waals surface area contributed by atoms with Crippen molar-refractivity contribution in [3.63, 3.8) is 0 Å². The van der Waals surface area contributed by atoms with Gasteiger partial charge in [0.2, 0.25) is 11.8 Å². The maximum Gasteiger partial charge on any atom is 0.414 e. The summed E-state index contributed by atoms with van der Waals surface area (Å²) < 4.78 is 31.1. The third kappa shape index (κ3) is 4.36. The van der Waals surface area contributed by atoms with Crippen LogP contribution in [-0.2, 0) is 13.2 Å². The number of amides is 1. The molecule has 3 rings (SSSR count). The Bertz CT molecular complexity index is 977. The molecule has 0 spiro atoms. The number of aromatic nitrogens is 3. The van der Waals surface area contributed by atoms with Crippen LogP contribution in [0.4, 0.5) is 19.5 Å². The summed E-state index contributed by atoms with van der Waals surface area (Å²) in [6.45, 7) is -0.327. The molecule has 0 aliphatic carbocycles. The summed E-state index contributed by atoms with van der Waals surface area (Å²) in [6.07, 6.45) is 2.14. The van der Waals surface area contributed by atoms with Crippen molar-refractivity contribution < 1.29 is 23.4 Å². The smallest absolute Gasteiger partial charge is 0.393 e. The lowest BCUT2D eigenvalue weighted by Crippen LogP contribution is -2.26. The second-order valence-corrected chi connectivity index (χ2v) is 5.50. The first kappa shape index (κ1) is 18.3. The minimum Gasteiger partial charge on any atom is -0.393 e. The van der Waals surface area contributed by atoms with E-state index in [0.717, 1.165) is 12.1 Å². The van der Waals surface area contributed by atoms with Gasteiger partial charge >= 0.3 is 6.09 Å². The third-order valence-corrected chi connectivity index (χ3v) is 3.61. The Labute approximate surface area is 152 Å². The summed E-state index contributed by atoms with van der Waals surface area (Å²) >= 11 is 0. The highest BCUT2D eigenvalue weighted by Gasteiger charge is 2.13. The van der Waals surface area contributed by atoms with Crippen molar-refractivity contribution in [3.05, 3.63) is 59.4 Å². The SMILES string of the molecule is Nc1ncc(CO)c(-c2c[nH]c(OC(=O)NCc3ccc(F)c(F)c3)c2)n1. The number of rotatable bonds is 5. The average Bonchev–Trinajstić information content (AvgIpc) is 3.11. The zero-order valence-electron chi connectivity index (χ0n) is 13.9. The summed E-state index contributed by atoms with van der Waals surface area (Å²) in [4.78, 5) is 22.5. The number of aliphatic hydroxyl groups is 1. The molecule has 8 nitrogen and oxygen atoms in total. The van der Waals surface area contributed by atoms with Crippen molar-refractivity contribution in [2.24, 2.45) is 0 Å². The van der Waals surface area contributed by atoms with Crippen molar-refractivity contribution in [2.75, 3.05) is 5.73 Å². The molecule has 140 valence electrons. The lowest BCUT2D eigenvalue weighted by Gasteiger charge is -2.06. The number of benzene rings is 1. The number of hydrogen-bond donors (Lipinski definition) is 4. The van der Waals surface area contributed by atoms with E-state index in [1.165, 1.54) is 24.5 Å². The summed E-state index contributed by atoms with van der Waals surface area (Å²) in [6, 6.07) is 4.80. The minimum atomic E-state index is -1.000. The van der Waals surface area contributed by atoms with E-state index < -0.39 is 17.7 Å². The number of nitrogens with one attached hydrogen (secondary N) is 2. The first-order valence-electron chi connectivity index (χ1n) is 7.77. The van der Waals surface area contributed by atoms with Gasteiger partial charge < -0.3 is 25.9 Å². The Morgan fingerprint density at radius 1 is 1.30 bits per heavy atom. The molecule has 0 radical (unpaired) electrons. The van der Waals surface area contributed by atoms with Gasteiger partial charge in [-0.15, -0.1) is 0 Å². The van der Waals surface area contributed by atoms with Crippen LogP contribution in [0.2, 0.25) is 0 Å². The van der Waals surface area contributed by atoms with Crippen molar-refractivity contribution >= 4 is 12.0 Å². The van der Waals surface area contributed by atoms with Gasteiger partial charge in [0.1, 0.15) is 0 Å². The summed E-state index contributed by atoms with van der Waals surface area (Å²) in [5.74, 6) is -1.81. The number of nitrogens with two attached hydrogens (primary N) is 1. The molecule has 0 unspecified atom stereocenters. The van der Waals surface area contributed by atoms with E-state index in [2.05, 4.69) is 20.3 Å². The molecular weight excluding hydrogens is 360 g/mol. The molecule has 0 fully saturated rings. The fraction of sp³-hybridized carbons (Fsp3) is 0.118. The zero-order chi connectivity index (χ0) is 19.4. The molecule has 2 heterocycles. The van der Waals surface area contributed by atoms with E-state index in [9.17, 15) is 18.7 Å². The minimum absolute atomic E-state index is 0.0372. The number of carbonyl (C=O) groups is 1. The van der Waals surface area contributed by atoms with Gasteiger partial charge in [-0.3, -0.25) is 0 Å². The van der Waals surface area contributed by atoms with Gasteiger partial charge in [0, 0.05) is 36.1 Å². The highest BCUT2D eigenvalue weighted by molar-refractivity contribution is 5.71. The first-order chi connectivity index (χ1) is 13.0. The predicted octanol–water partition coefficient (Wildman–Crippen LogP) is 2.11. The lowest BCUT2D eigenvalue weighted by molar-refractivity contribution is 0.198. The molecule has 5 N–H and O–H groups in total. The number of aromatic amines is 1. The summed E-state index contributed by atoms with van der Waals surface area (Å²) in [5.41, 5.74) is 7.33. The zero-order valence-corrected chi connectivity index (χ0v) is 13.9. The second-order valence-electron chi connectivity index (χ2n) is 5.50. The number of nitrogens with zero attached hydrogens (tertiary/aromatic N) is 2. The molecular formula is C17H15F2N5O3. The highest BCUT2D eigenvalue weighted by Crippen LogP contribution is 2.25. The van der Waals surface area contributed by atoms with E-state index in [0.29, 0.717) is 22.4 Å². The quantitative estimate of drug-likeness (QED) is 0.541. The molecule has 0 aliphatic heterocycles.